The summed E-state index contributed by atoms with van der Waals surface area (Å²) in [6, 6.07) is 0.735. The van der Waals surface area contributed by atoms with Crippen molar-refractivity contribution >= 4 is 11.6 Å². The minimum Gasteiger partial charge on any atom is -0.506 e. The van der Waals surface area contributed by atoms with Gasteiger partial charge in [0.25, 0.3) is 0 Å². The van der Waals surface area contributed by atoms with E-state index in [4.69, 9.17) is 17.3 Å². The molecule has 0 heterocycles. The molecule has 1 rings (SSSR count). The maximum absolute atomic E-state index is 13.3. The van der Waals surface area contributed by atoms with Crippen LogP contribution >= 0.6 is 11.6 Å². The second-order valence-corrected chi connectivity index (χ2v) is 4.55. The highest BCUT2D eigenvalue weighted by atomic mass is 35.5. The third-order valence-electron chi connectivity index (χ3n) is 1.87. The number of rotatable bonds is 2. The van der Waals surface area contributed by atoms with Crippen molar-refractivity contribution in [3.8, 4) is 5.75 Å². The molecule has 0 aromatic heterocycles. The molecule has 0 amide bonds. The fraction of sp³-hybridized carbons (Fsp3) is 0.400. The quantitative estimate of drug-likeness (QED) is 0.774. The summed E-state index contributed by atoms with van der Waals surface area (Å²) >= 11 is 5.52. The van der Waals surface area contributed by atoms with Gasteiger partial charge in [-0.2, -0.15) is 0 Å². The Bertz CT molecular complexity index is 362. The van der Waals surface area contributed by atoms with E-state index in [0.717, 1.165) is 6.07 Å². The lowest BCUT2D eigenvalue weighted by molar-refractivity contribution is 0.420. The summed E-state index contributed by atoms with van der Waals surface area (Å²) in [5.74, 6) is -2.64. The van der Waals surface area contributed by atoms with Crippen LogP contribution in [0.2, 0.25) is 5.02 Å². The van der Waals surface area contributed by atoms with E-state index < -0.39 is 22.9 Å². The Hall–Kier alpha value is -0.870. The Labute approximate surface area is 91.7 Å². The van der Waals surface area contributed by atoms with Crippen LogP contribution in [0.4, 0.5) is 8.78 Å². The fourth-order valence-electron chi connectivity index (χ4n) is 1.25. The maximum Gasteiger partial charge on any atom is 0.165 e. The van der Waals surface area contributed by atoms with Crippen LogP contribution in [0, 0.1) is 11.6 Å². The molecule has 2 nitrogen and oxygen atoms in total. The lowest BCUT2D eigenvalue weighted by Crippen LogP contribution is -2.34. The van der Waals surface area contributed by atoms with E-state index in [0.29, 0.717) is 0 Å². The number of phenols is 1. The van der Waals surface area contributed by atoms with Crippen LogP contribution in [-0.2, 0) is 6.42 Å². The van der Waals surface area contributed by atoms with Crippen LogP contribution in [0.5, 0.6) is 5.75 Å². The van der Waals surface area contributed by atoms with Gasteiger partial charge in [0, 0.05) is 11.1 Å². The van der Waals surface area contributed by atoms with Gasteiger partial charge in [0.1, 0.15) is 5.75 Å². The molecule has 84 valence electrons. The summed E-state index contributed by atoms with van der Waals surface area (Å²) in [5.41, 5.74) is 4.72. The predicted molar refractivity (Wildman–Crippen MR) is 55.0 cm³/mol. The van der Waals surface area contributed by atoms with Gasteiger partial charge in [-0.05, 0) is 26.3 Å². The second-order valence-electron chi connectivity index (χ2n) is 4.15. The monoisotopic (exact) mass is 235 g/mol. The summed E-state index contributed by atoms with van der Waals surface area (Å²) in [5, 5.41) is 9.26. The molecule has 0 atom stereocenters. The molecule has 0 bridgehead atoms. The molecular weight excluding hydrogens is 224 g/mol. The first-order chi connectivity index (χ1) is 6.72. The second kappa shape index (κ2) is 3.94. The van der Waals surface area contributed by atoms with Crippen LogP contribution in [0.1, 0.15) is 19.4 Å². The number of benzene rings is 1. The minimum atomic E-state index is -1.10. The van der Waals surface area contributed by atoms with Crippen LogP contribution < -0.4 is 5.73 Å². The highest BCUT2D eigenvalue weighted by Crippen LogP contribution is 2.33. The van der Waals surface area contributed by atoms with Gasteiger partial charge in [-0.3, -0.25) is 0 Å². The molecule has 3 N–H and O–H groups in total. The summed E-state index contributed by atoms with van der Waals surface area (Å²) in [7, 11) is 0. The van der Waals surface area contributed by atoms with Crippen LogP contribution in [0.25, 0.3) is 0 Å². The molecule has 0 aliphatic rings. The van der Waals surface area contributed by atoms with Gasteiger partial charge in [0.15, 0.2) is 11.6 Å². The summed E-state index contributed by atoms with van der Waals surface area (Å²) < 4.78 is 26.3. The van der Waals surface area contributed by atoms with Gasteiger partial charge >= 0.3 is 0 Å². The average molecular weight is 236 g/mol. The first kappa shape index (κ1) is 12.2. The van der Waals surface area contributed by atoms with Crippen molar-refractivity contribution in [3.63, 3.8) is 0 Å². The van der Waals surface area contributed by atoms with Crippen molar-refractivity contribution in [1.29, 1.82) is 0 Å². The van der Waals surface area contributed by atoms with Crippen molar-refractivity contribution in [3.05, 3.63) is 28.3 Å². The van der Waals surface area contributed by atoms with Crippen molar-refractivity contribution < 1.29 is 13.9 Å². The average Bonchev–Trinajstić information content (AvgIpc) is 2.08. The highest BCUT2D eigenvalue weighted by molar-refractivity contribution is 6.32. The van der Waals surface area contributed by atoms with E-state index >= 15 is 0 Å². The normalized spacial score (nSPS) is 11.9. The first-order valence-electron chi connectivity index (χ1n) is 4.36. The lowest BCUT2D eigenvalue weighted by Gasteiger charge is -2.20. The highest BCUT2D eigenvalue weighted by Gasteiger charge is 2.22. The topological polar surface area (TPSA) is 46.2 Å². The number of nitrogens with two attached hydrogens (primary N) is 1. The van der Waals surface area contributed by atoms with Gasteiger partial charge in [-0.15, -0.1) is 0 Å². The van der Waals surface area contributed by atoms with Gasteiger partial charge in [0.05, 0.1) is 5.02 Å². The van der Waals surface area contributed by atoms with E-state index in [1.165, 1.54) is 0 Å². The Morgan fingerprint density at radius 3 is 2.47 bits per heavy atom. The summed E-state index contributed by atoms with van der Waals surface area (Å²) in [4.78, 5) is 0. The van der Waals surface area contributed by atoms with Crippen LogP contribution in [0.3, 0.4) is 0 Å². The number of hydrogen-bond donors (Lipinski definition) is 2. The third kappa shape index (κ3) is 2.79. The number of phenolic OH excluding ortho intramolecular Hbond substituents is 1. The molecule has 0 saturated carbocycles. The van der Waals surface area contributed by atoms with Crippen molar-refractivity contribution in [2.45, 2.75) is 25.8 Å². The first-order valence-corrected chi connectivity index (χ1v) is 4.74. The molecular formula is C10H12ClF2NO. The Morgan fingerprint density at radius 1 is 1.47 bits per heavy atom. The van der Waals surface area contributed by atoms with E-state index in [1.54, 1.807) is 13.8 Å². The van der Waals surface area contributed by atoms with E-state index in [-0.39, 0.29) is 17.0 Å². The maximum atomic E-state index is 13.3. The molecule has 15 heavy (non-hydrogen) atoms. The SMILES string of the molecule is CC(C)(N)Cc1c(O)c(Cl)cc(F)c1F. The zero-order valence-electron chi connectivity index (χ0n) is 8.44. The Morgan fingerprint density at radius 2 is 2.00 bits per heavy atom. The molecule has 1 aromatic carbocycles. The fourth-order valence-corrected chi connectivity index (χ4v) is 1.46. The van der Waals surface area contributed by atoms with Crippen molar-refractivity contribution in [1.82, 2.24) is 0 Å². The number of halogens is 3. The number of hydrogen-bond acceptors (Lipinski definition) is 2. The van der Waals surface area contributed by atoms with Gasteiger partial charge in [-0.25, -0.2) is 8.78 Å². The minimum absolute atomic E-state index is 0.00213. The molecule has 0 fully saturated rings. The molecule has 1 aromatic rings. The molecule has 0 spiro atoms. The van der Waals surface area contributed by atoms with Gasteiger partial charge in [0.2, 0.25) is 0 Å². The molecule has 0 aliphatic carbocycles. The largest absolute Gasteiger partial charge is 0.506 e. The Kier molecular flexibility index (Phi) is 3.21. The molecule has 5 heteroatoms. The third-order valence-corrected chi connectivity index (χ3v) is 2.16. The molecule has 0 unspecified atom stereocenters. The van der Waals surface area contributed by atoms with Gasteiger partial charge < -0.3 is 10.8 Å². The number of aromatic hydroxyl groups is 1. The van der Waals surface area contributed by atoms with E-state index in [9.17, 15) is 13.9 Å². The van der Waals surface area contributed by atoms with Crippen molar-refractivity contribution in [2.75, 3.05) is 0 Å². The standard InChI is InChI=1S/C10H12ClF2NO/c1-10(2,14)4-5-8(13)7(12)3-6(11)9(5)15/h3,15H,4,14H2,1-2H3. The van der Waals surface area contributed by atoms with E-state index in [2.05, 4.69) is 0 Å². The zero-order chi connectivity index (χ0) is 11.8. The summed E-state index contributed by atoms with van der Waals surface area (Å²) in [6.45, 7) is 3.29. The van der Waals surface area contributed by atoms with Crippen LogP contribution in [-0.4, -0.2) is 10.6 Å². The summed E-state index contributed by atoms with van der Waals surface area (Å²) in [6.07, 6.45) is 0.00213. The van der Waals surface area contributed by atoms with E-state index in [1.807, 2.05) is 0 Å². The van der Waals surface area contributed by atoms with Crippen molar-refractivity contribution in [2.24, 2.45) is 5.73 Å². The van der Waals surface area contributed by atoms with Gasteiger partial charge in [-0.1, -0.05) is 11.6 Å². The van der Waals surface area contributed by atoms with Crippen LogP contribution in [0.15, 0.2) is 6.07 Å². The molecule has 0 radical (unpaired) electrons. The smallest absolute Gasteiger partial charge is 0.165 e. The zero-order valence-corrected chi connectivity index (χ0v) is 9.20. The molecule has 0 saturated heterocycles. The predicted octanol–water partition coefficient (Wildman–Crippen LogP) is 2.60. The Balaban J connectivity index is 3.27. The molecule has 0 aliphatic heterocycles. The lowest BCUT2D eigenvalue weighted by atomic mass is 9.95.